The normalized spacial score (nSPS) is 10.0. The third kappa shape index (κ3) is 2.06. The summed E-state index contributed by atoms with van der Waals surface area (Å²) in [4.78, 5) is 25.0. The molecule has 2 rings (SSSR count). The quantitative estimate of drug-likeness (QED) is 0.651. The molecule has 16 heavy (non-hydrogen) atoms. The predicted octanol–water partition coefficient (Wildman–Crippen LogP) is 1.90. The van der Waals surface area contributed by atoms with Gasteiger partial charge in [-0.1, -0.05) is 0 Å². The van der Waals surface area contributed by atoms with Crippen LogP contribution >= 0.6 is 11.3 Å². The van der Waals surface area contributed by atoms with Gasteiger partial charge in [-0.25, -0.2) is 4.98 Å². The first kappa shape index (κ1) is 10.3. The maximum absolute atomic E-state index is 11.5. The second kappa shape index (κ2) is 4.11. The van der Waals surface area contributed by atoms with Crippen molar-refractivity contribution < 1.29 is 14.1 Å². The van der Waals surface area contributed by atoms with Crippen molar-refractivity contribution in [2.24, 2.45) is 0 Å². The predicted molar refractivity (Wildman–Crippen MR) is 55.4 cm³/mol. The van der Waals surface area contributed by atoms with Crippen molar-refractivity contribution in [3.63, 3.8) is 0 Å². The molecule has 8 heteroatoms. The van der Waals surface area contributed by atoms with Crippen LogP contribution in [-0.4, -0.2) is 15.8 Å². The van der Waals surface area contributed by atoms with Gasteiger partial charge in [0, 0.05) is 0 Å². The van der Waals surface area contributed by atoms with Crippen LogP contribution in [0.3, 0.4) is 0 Å². The Hall–Kier alpha value is -2.22. The number of hydrogen-bond acceptors (Lipinski definition) is 6. The van der Waals surface area contributed by atoms with Gasteiger partial charge in [0.1, 0.15) is 12.5 Å². The summed E-state index contributed by atoms with van der Waals surface area (Å²) in [5.74, 6) is -0.419. The van der Waals surface area contributed by atoms with Crippen LogP contribution in [0.5, 0.6) is 0 Å². The highest BCUT2D eigenvalue weighted by atomic mass is 32.1. The summed E-state index contributed by atoms with van der Waals surface area (Å²) >= 11 is 0.794. The van der Waals surface area contributed by atoms with Gasteiger partial charge >= 0.3 is 5.00 Å². The van der Waals surface area contributed by atoms with E-state index in [2.05, 4.69) is 10.3 Å². The minimum atomic E-state index is -0.564. The second-order valence-corrected chi connectivity index (χ2v) is 3.74. The smallest absolute Gasteiger partial charge is 0.345 e. The molecule has 0 bridgehead atoms. The molecule has 2 aromatic heterocycles. The molecule has 0 atom stereocenters. The van der Waals surface area contributed by atoms with Gasteiger partial charge in [0.05, 0.1) is 16.7 Å². The summed E-state index contributed by atoms with van der Waals surface area (Å²) in [6.07, 6.45) is 3.73. The minimum Gasteiger partial charge on any atom is -0.472 e. The number of hydrogen-bond donors (Lipinski definition) is 1. The Bertz CT molecular complexity index is 519. The molecule has 0 fully saturated rings. The largest absolute Gasteiger partial charge is 0.472 e. The van der Waals surface area contributed by atoms with Gasteiger partial charge in [-0.2, -0.15) is 0 Å². The molecule has 0 aromatic carbocycles. The molecule has 82 valence electrons. The van der Waals surface area contributed by atoms with Crippen LogP contribution in [0.1, 0.15) is 10.4 Å². The van der Waals surface area contributed by atoms with Crippen molar-refractivity contribution in [3.05, 3.63) is 40.5 Å². The van der Waals surface area contributed by atoms with Gasteiger partial charge in [-0.15, -0.1) is 0 Å². The lowest BCUT2D eigenvalue weighted by molar-refractivity contribution is -0.380. The molecular formula is C8H5N3O4S. The van der Waals surface area contributed by atoms with Crippen LogP contribution in [0.2, 0.25) is 0 Å². The first-order valence-electron chi connectivity index (χ1n) is 4.10. The summed E-state index contributed by atoms with van der Waals surface area (Å²) in [6.45, 7) is 0. The Labute approximate surface area is 92.9 Å². The SMILES string of the molecule is O=C(Nc1ncc([N+](=O)[O-])s1)c1ccoc1. The molecule has 1 N–H and O–H groups in total. The maximum Gasteiger partial charge on any atom is 0.345 e. The summed E-state index contributed by atoms with van der Waals surface area (Å²) in [5, 5.41) is 12.9. The third-order valence-corrected chi connectivity index (χ3v) is 2.54. The molecule has 1 amide bonds. The van der Waals surface area contributed by atoms with Crippen molar-refractivity contribution >= 4 is 27.4 Å². The molecule has 0 aliphatic carbocycles. The number of anilines is 1. The summed E-state index contributed by atoms with van der Waals surface area (Å²) < 4.78 is 4.73. The fourth-order valence-corrected chi connectivity index (χ4v) is 1.60. The van der Waals surface area contributed by atoms with E-state index in [-0.39, 0.29) is 10.1 Å². The second-order valence-electron chi connectivity index (χ2n) is 2.73. The number of rotatable bonds is 3. The lowest BCUT2D eigenvalue weighted by atomic mass is 10.3. The molecule has 0 saturated carbocycles. The Morgan fingerprint density at radius 2 is 2.44 bits per heavy atom. The number of nitrogens with zero attached hydrogens (tertiary/aromatic N) is 2. The Morgan fingerprint density at radius 1 is 1.62 bits per heavy atom. The number of nitrogens with one attached hydrogen (secondary N) is 1. The third-order valence-electron chi connectivity index (χ3n) is 1.68. The molecule has 2 heterocycles. The van der Waals surface area contributed by atoms with Gasteiger partial charge < -0.3 is 4.42 Å². The zero-order valence-corrected chi connectivity index (χ0v) is 8.56. The number of furan rings is 1. The molecule has 7 nitrogen and oxygen atoms in total. The number of thiazole rings is 1. The highest BCUT2D eigenvalue weighted by molar-refractivity contribution is 7.18. The molecule has 0 saturated heterocycles. The lowest BCUT2D eigenvalue weighted by Gasteiger charge is -1.95. The first-order valence-corrected chi connectivity index (χ1v) is 4.92. The van der Waals surface area contributed by atoms with Crippen LogP contribution in [-0.2, 0) is 0 Å². The van der Waals surface area contributed by atoms with Crippen LogP contribution < -0.4 is 5.32 Å². The number of nitro groups is 1. The molecule has 0 radical (unpaired) electrons. The van der Waals surface area contributed by atoms with E-state index < -0.39 is 10.8 Å². The van der Waals surface area contributed by atoms with Crippen LogP contribution in [0.4, 0.5) is 10.1 Å². The van der Waals surface area contributed by atoms with Gasteiger partial charge in [-0.05, 0) is 17.4 Å². The number of carbonyl (C=O) groups is 1. The van der Waals surface area contributed by atoms with E-state index in [0.29, 0.717) is 5.56 Å². The minimum absolute atomic E-state index is 0.123. The average molecular weight is 239 g/mol. The van der Waals surface area contributed by atoms with Gasteiger partial charge in [-0.3, -0.25) is 20.2 Å². The van der Waals surface area contributed by atoms with Gasteiger partial charge in [0.15, 0.2) is 5.13 Å². The fourth-order valence-electron chi connectivity index (χ4n) is 0.971. The average Bonchev–Trinajstić information content (AvgIpc) is 2.87. The maximum atomic E-state index is 11.5. The fraction of sp³-hybridized carbons (Fsp3) is 0. The van der Waals surface area contributed by atoms with Crippen molar-refractivity contribution in [3.8, 4) is 0 Å². The topological polar surface area (TPSA) is 98.3 Å². The van der Waals surface area contributed by atoms with E-state index in [0.717, 1.165) is 17.5 Å². The van der Waals surface area contributed by atoms with Crippen LogP contribution in [0.25, 0.3) is 0 Å². The van der Waals surface area contributed by atoms with E-state index in [9.17, 15) is 14.9 Å². The highest BCUT2D eigenvalue weighted by Gasteiger charge is 2.14. The van der Waals surface area contributed by atoms with Crippen molar-refractivity contribution in [1.82, 2.24) is 4.98 Å². The highest BCUT2D eigenvalue weighted by Crippen LogP contribution is 2.25. The Kier molecular flexibility index (Phi) is 2.64. The van der Waals surface area contributed by atoms with E-state index in [1.807, 2.05) is 0 Å². The summed E-state index contributed by atoms with van der Waals surface area (Å²) in [7, 11) is 0. The lowest BCUT2D eigenvalue weighted by Crippen LogP contribution is -2.10. The molecule has 0 unspecified atom stereocenters. The molecule has 0 aliphatic heterocycles. The van der Waals surface area contributed by atoms with Crippen LogP contribution in [0, 0.1) is 10.1 Å². The van der Waals surface area contributed by atoms with Crippen molar-refractivity contribution in [2.75, 3.05) is 5.32 Å². The van der Waals surface area contributed by atoms with Crippen molar-refractivity contribution in [1.29, 1.82) is 0 Å². The van der Waals surface area contributed by atoms with E-state index in [1.165, 1.54) is 18.6 Å². The number of aromatic nitrogens is 1. The van der Waals surface area contributed by atoms with Crippen molar-refractivity contribution in [2.45, 2.75) is 0 Å². The molecular weight excluding hydrogens is 234 g/mol. The van der Waals surface area contributed by atoms with E-state index in [1.54, 1.807) is 0 Å². The van der Waals surface area contributed by atoms with Gasteiger partial charge in [0.25, 0.3) is 5.91 Å². The molecule has 2 aromatic rings. The van der Waals surface area contributed by atoms with Gasteiger partial charge in [0.2, 0.25) is 0 Å². The number of carbonyl (C=O) groups excluding carboxylic acids is 1. The standard InChI is InChI=1S/C8H5N3O4S/c12-7(5-1-2-15-4-5)10-8-9-3-6(16-8)11(13)14/h1-4H,(H,9,10,12). The van der Waals surface area contributed by atoms with E-state index in [4.69, 9.17) is 4.42 Å². The monoisotopic (exact) mass is 239 g/mol. The summed E-state index contributed by atoms with van der Waals surface area (Å²) in [5.41, 5.74) is 0.331. The zero-order valence-electron chi connectivity index (χ0n) is 7.75. The Balaban J connectivity index is 2.09. The molecule has 0 spiro atoms. The van der Waals surface area contributed by atoms with E-state index >= 15 is 0 Å². The van der Waals surface area contributed by atoms with Crippen LogP contribution in [0.15, 0.2) is 29.2 Å². The summed E-state index contributed by atoms with van der Waals surface area (Å²) in [6, 6.07) is 1.48. The first-order chi connectivity index (χ1) is 7.66. The zero-order chi connectivity index (χ0) is 11.5. The Morgan fingerprint density at radius 3 is 3.00 bits per heavy atom. The molecule has 0 aliphatic rings. The number of amides is 1.